The highest BCUT2D eigenvalue weighted by Crippen LogP contribution is 2.02. The number of fused-ring (bicyclic) bond motifs is 1. The molecule has 0 bridgehead atoms. The van der Waals surface area contributed by atoms with E-state index in [-0.39, 0.29) is 5.56 Å². The van der Waals surface area contributed by atoms with Gasteiger partial charge in [0, 0.05) is 12.4 Å². The predicted octanol–water partition coefficient (Wildman–Crippen LogP) is 0.294. The second kappa shape index (κ2) is 5.74. The third-order valence-electron chi connectivity index (χ3n) is 3.00. The van der Waals surface area contributed by atoms with Gasteiger partial charge in [0.2, 0.25) is 0 Å². The Kier molecular flexibility index (Phi) is 4.02. The number of amides is 1. The summed E-state index contributed by atoms with van der Waals surface area (Å²) in [7, 11) is 1.22. The fraction of sp³-hybridized carbons (Fsp3) is 0.286. The average Bonchev–Trinajstić information content (AvgIpc) is 2.47. The first kappa shape index (κ1) is 14.7. The van der Waals surface area contributed by atoms with Crippen LogP contribution in [0.5, 0.6) is 0 Å². The molecule has 0 fully saturated rings. The van der Waals surface area contributed by atoms with E-state index in [1.165, 1.54) is 24.6 Å². The van der Waals surface area contributed by atoms with Gasteiger partial charge in [-0.25, -0.2) is 9.78 Å². The number of aryl methyl sites for hydroxylation is 1. The molecule has 2 aromatic rings. The van der Waals surface area contributed by atoms with E-state index in [0.717, 1.165) is 5.56 Å². The summed E-state index contributed by atoms with van der Waals surface area (Å²) >= 11 is 0. The van der Waals surface area contributed by atoms with Crippen molar-refractivity contribution in [1.29, 1.82) is 0 Å². The number of pyridine rings is 1. The maximum atomic E-state index is 12.3. The van der Waals surface area contributed by atoms with Crippen molar-refractivity contribution < 1.29 is 14.3 Å². The molecular formula is C14H15N3O4. The van der Waals surface area contributed by atoms with Gasteiger partial charge in [0.05, 0.1) is 7.11 Å². The van der Waals surface area contributed by atoms with Crippen molar-refractivity contribution in [3.05, 3.63) is 46.0 Å². The van der Waals surface area contributed by atoms with E-state index in [9.17, 15) is 14.4 Å². The standard InChI is InChI=1S/C14H15N3O4/c1-8-4-5-11-15-6-10(13(19)17(11)7-8)12(18)16-9(2)14(20)21-3/h4-7,9H,1-3H3,(H,16,18)/t9-/m0/s1. The van der Waals surface area contributed by atoms with E-state index < -0.39 is 23.5 Å². The van der Waals surface area contributed by atoms with Gasteiger partial charge in [-0.15, -0.1) is 0 Å². The minimum absolute atomic E-state index is 0.131. The first-order valence-corrected chi connectivity index (χ1v) is 6.30. The second-order valence-electron chi connectivity index (χ2n) is 4.63. The third kappa shape index (κ3) is 2.91. The fourth-order valence-electron chi connectivity index (χ4n) is 1.85. The number of ether oxygens (including phenoxy) is 1. The van der Waals surface area contributed by atoms with Crippen molar-refractivity contribution >= 4 is 17.5 Å². The van der Waals surface area contributed by atoms with Crippen LogP contribution >= 0.6 is 0 Å². The summed E-state index contributed by atoms with van der Waals surface area (Å²) in [6, 6.07) is 2.66. The quantitative estimate of drug-likeness (QED) is 0.820. The van der Waals surface area contributed by atoms with Crippen molar-refractivity contribution in [3.63, 3.8) is 0 Å². The first-order chi connectivity index (χ1) is 9.93. The molecule has 2 aromatic heterocycles. The van der Waals surface area contributed by atoms with Gasteiger partial charge >= 0.3 is 5.97 Å². The molecule has 2 heterocycles. The van der Waals surface area contributed by atoms with Crippen LogP contribution in [0.2, 0.25) is 0 Å². The number of methoxy groups -OCH3 is 1. The molecule has 21 heavy (non-hydrogen) atoms. The monoisotopic (exact) mass is 289 g/mol. The zero-order valence-corrected chi connectivity index (χ0v) is 11.9. The molecule has 110 valence electrons. The molecule has 0 radical (unpaired) electrons. The number of carbonyl (C=O) groups is 2. The Labute approximate surface area is 120 Å². The predicted molar refractivity (Wildman–Crippen MR) is 75.1 cm³/mol. The molecule has 1 N–H and O–H groups in total. The summed E-state index contributed by atoms with van der Waals surface area (Å²) < 4.78 is 5.81. The van der Waals surface area contributed by atoms with Crippen LogP contribution in [0, 0.1) is 6.92 Å². The van der Waals surface area contributed by atoms with Crippen LogP contribution in [0.25, 0.3) is 5.65 Å². The molecule has 7 heteroatoms. The third-order valence-corrected chi connectivity index (χ3v) is 3.00. The van der Waals surface area contributed by atoms with E-state index in [0.29, 0.717) is 5.65 Å². The van der Waals surface area contributed by atoms with Crippen LogP contribution < -0.4 is 10.9 Å². The minimum Gasteiger partial charge on any atom is -0.467 e. The van der Waals surface area contributed by atoms with Crippen LogP contribution in [0.3, 0.4) is 0 Å². The van der Waals surface area contributed by atoms with Gasteiger partial charge in [-0.2, -0.15) is 0 Å². The molecule has 0 aliphatic rings. The SMILES string of the molecule is COC(=O)[C@H](C)NC(=O)c1cnc2ccc(C)cn2c1=O. The smallest absolute Gasteiger partial charge is 0.328 e. The molecule has 0 saturated heterocycles. The summed E-state index contributed by atoms with van der Waals surface area (Å²) in [6.45, 7) is 3.30. The highest BCUT2D eigenvalue weighted by atomic mass is 16.5. The second-order valence-corrected chi connectivity index (χ2v) is 4.63. The summed E-state index contributed by atoms with van der Waals surface area (Å²) in [6.07, 6.45) is 2.80. The molecule has 0 aliphatic carbocycles. The summed E-state index contributed by atoms with van der Waals surface area (Å²) in [5.41, 5.74) is 0.696. The minimum atomic E-state index is -0.847. The Morgan fingerprint density at radius 2 is 2.10 bits per heavy atom. The number of hydrogen-bond acceptors (Lipinski definition) is 5. The molecule has 0 aliphatic heterocycles. The van der Waals surface area contributed by atoms with Crippen LogP contribution in [-0.4, -0.2) is 34.4 Å². The largest absolute Gasteiger partial charge is 0.467 e. The summed E-state index contributed by atoms with van der Waals surface area (Å²) in [5.74, 6) is -1.26. The van der Waals surface area contributed by atoms with Gasteiger partial charge in [-0.05, 0) is 25.5 Å². The Hall–Kier alpha value is -2.70. The molecule has 7 nitrogen and oxygen atoms in total. The summed E-state index contributed by atoms with van der Waals surface area (Å²) in [5, 5.41) is 2.40. The lowest BCUT2D eigenvalue weighted by Crippen LogP contribution is -2.41. The van der Waals surface area contributed by atoms with Gasteiger partial charge in [0.25, 0.3) is 11.5 Å². The van der Waals surface area contributed by atoms with E-state index in [1.807, 2.05) is 13.0 Å². The zero-order valence-electron chi connectivity index (χ0n) is 11.9. The van der Waals surface area contributed by atoms with Crippen molar-refractivity contribution in [1.82, 2.24) is 14.7 Å². The van der Waals surface area contributed by atoms with Gasteiger partial charge < -0.3 is 10.1 Å². The average molecular weight is 289 g/mol. The number of nitrogens with zero attached hydrogens (tertiary/aromatic N) is 2. The van der Waals surface area contributed by atoms with E-state index in [2.05, 4.69) is 15.0 Å². The maximum absolute atomic E-state index is 12.3. The highest BCUT2D eigenvalue weighted by Gasteiger charge is 2.19. The molecule has 1 amide bonds. The Morgan fingerprint density at radius 3 is 2.76 bits per heavy atom. The van der Waals surface area contributed by atoms with E-state index in [4.69, 9.17) is 0 Å². The molecule has 0 spiro atoms. The maximum Gasteiger partial charge on any atom is 0.328 e. The number of nitrogens with one attached hydrogen (secondary N) is 1. The van der Waals surface area contributed by atoms with Crippen LogP contribution in [-0.2, 0) is 9.53 Å². The highest BCUT2D eigenvalue weighted by molar-refractivity contribution is 5.96. The molecule has 0 saturated carbocycles. The Bertz CT molecular complexity index is 766. The van der Waals surface area contributed by atoms with Gasteiger partial charge in [0.15, 0.2) is 0 Å². The molecular weight excluding hydrogens is 274 g/mol. The number of hydrogen-bond donors (Lipinski definition) is 1. The van der Waals surface area contributed by atoms with Gasteiger partial charge in [0.1, 0.15) is 17.3 Å². The van der Waals surface area contributed by atoms with E-state index in [1.54, 1.807) is 12.3 Å². The number of esters is 1. The molecule has 0 unspecified atom stereocenters. The van der Waals surface area contributed by atoms with E-state index >= 15 is 0 Å². The Morgan fingerprint density at radius 1 is 1.38 bits per heavy atom. The van der Waals surface area contributed by atoms with Crippen molar-refractivity contribution in [2.45, 2.75) is 19.9 Å². The van der Waals surface area contributed by atoms with Crippen molar-refractivity contribution in [2.75, 3.05) is 7.11 Å². The lowest BCUT2D eigenvalue weighted by molar-refractivity contribution is -0.142. The van der Waals surface area contributed by atoms with Crippen molar-refractivity contribution in [2.24, 2.45) is 0 Å². The number of aromatic nitrogens is 2. The molecule has 0 aromatic carbocycles. The molecule has 2 rings (SSSR count). The van der Waals surface area contributed by atoms with Crippen LogP contribution in [0.4, 0.5) is 0 Å². The van der Waals surface area contributed by atoms with Gasteiger partial charge in [-0.3, -0.25) is 14.0 Å². The van der Waals surface area contributed by atoms with Gasteiger partial charge in [-0.1, -0.05) is 6.07 Å². The first-order valence-electron chi connectivity index (χ1n) is 6.30. The van der Waals surface area contributed by atoms with Crippen LogP contribution in [0.1, 0.15) is 22.8 Å². The van der Waals surface area contributed by atoms with Crippen LogP contribution in [0.15, 0.2) is 29.3 Å². The molecule has 1 atom stereocenters. The topological polar surface area (TPSA) is 89.8 Å². The number of carbonyl (C=O) groups excluding carboxylic acids is 2. The van der Waals surface area contributed by atoms with Crippen molar-refractivity contribution in [3.8, 4) is 0 Å². The zero-order chi connectivity index (χ0) is 15.6. The lowest BCUT2D eigenvalue weighted by Gasteiger charge is -2.11. The summed E-state index contributed by atoms with van der Waals surface area (Å²) in [4.78, 5) is 39.7. The fourth-order valence-corrected chi connectivity index (χ4v) is 1.85. The normalized spacial score (nSPS) is 12.0. The number of rotatable bonds is 3. The lowest BCUT2D eigenvalue weighted by atomic mass is 10.2. The Balaban J connectivity index is 2.38.